The summed E-state index contributed by atoms with van der Waals surface area (Å²) in [4.78, 5) is 4.47. The number of halogens is 1. The molecule has 0 aliphatic carbocycles. The molecule has 4 rings (SSSR count). The van der Waals surface area contributed by atoms with E-state index in [2.05, 4.69) is 27.0 Å². The lowest BCUT2D eigenvalue weighted by Crippen LogP contribution is -2.11. The van der Waals surface area contributed by atoms with Gasteiger partial charge in [0.15, 0.2) is 5.03 Å². The summed E-state index contributed by atoms with van der Waals surface area (Å²) >= 11 is 3.42. The monoisotopic (exact) mass is 488 g/mol. The van der Waals surface area contributed by atoms with Crippen LogP contribution in [0.25, 0.3) is 22.4 Å². The van der Waals surface area contributed by atoms with Gasteiger partial charge < -0.3 is 0 Å². The smallest absolute Gasteiger partial charge is 0.201 e. The number of nitrogens with zero attached hydrogens (tertiary/aromatic N) is 2. The second kappa shape index (κ2) is 8.84. The van der Waals surface area contributed by atoms with E-state index in [0.717, 1.165) is 15.6 Å². The highest BCUT2D eigenvalue weighted by Gasteiger charge is 2.26. The lowest BCUT2D eigenvalue weighted by Gasteiger charge is -2.13. The first-order valence-electron chi connectivity index (χ1n) is 9.51. The fourth-order valence-electron chi connectivity index (χ4n) is 3.33. The number of sulfone groups is 1. The topological polar surface area (TPSA) is 70.8 Å². The van der Waals surface area contributed by atoms with Gasteiger partial charge in [-0.25, -0.2) is 13.4 Å². The van der Waals surface area contributed by atoms with E-state index in [1.54, 1.807) is 30.3 Å². The summed E-state index contributed by atoms with van der Waals surface area (Å²) in [6.45, 7) is 0. The second-order valence-corrected chi connectivity index (χ2v) is 9.79. The Morgan fingerprint density at radius 3 is 2.06 bits per heavy atom. The van der Waals surface area contributed by atoms with E-state index in [1.807, 2.05) is 60.7 Å². The van der Waals surface area contributed by atoms with Crippen LogP contribution in [0.5, 0.6) is 0 Å². The van der Waals surface area contributed by atoms with E-state index < -0.39 is 9.84 Å². The zero-order chi connectivity index (χ0) is 21.8. The highest BCUT2D eigenvalue weighted by Crippen LogP contribution is 2.33. The molecule has 0 spiro atoms. The van der Waals surface area contributed by atoms with Crippen LogP contribution in [0.2, 0.25) is 0 Å². The first-order chi connectivity index (χ1) is 15.0. The van der Waals surface area contributed by atoms with Crippen LogP contribution in [0.4, 0.5) is 0 Å². The lowest BCUT2D eigenvalue weighted by atomic mass is 9.99. The summed E-state index contributed by atoms with van der Waals surface area (Å²) < 4.78 is 27.7. The highest BCUT2D eigenvalue weighted by molar-refractivity contribution is 9.10. The second-order valence-electron chi connectivity index (χ2n) is 6.96. The molecule has 1 aromatic heterocycles. The number of pyridine rings is 1. The van der Waals surface area contributed by atoms with Gasteiger partial charge in [-0.05, 0) is 29.3 Å². The van der Waals surface area contributed by atoms with Crippen LogP contribution in [0.1, 0.15) is 11.1 Å². The summed E-state index contributed by atoms with van der Waals surface area (Å²) in [6.07, 6.45) is 0. The molecule has 0 aliphatic heterocycles. The molecule has 0 N–H and O–H groups in total. The molecule has 0 amide bonds. The van der Waals surface area contributed by atoms with Gasteiger partial charge in [-0.2, -0.15) is 5.26 Å². The van der Waals surface area contributed by atoms with Crippen LogP contribution < -0.4 is 0 Å². The minimum absolute atomic E-state index is 0.0583. The quantitative estimate of drug-likeness (QED) is 0.344. The average molecular weight is 489 g/mol. The van der Waals surface area contributed by atoms with Gasteiger partial charge in [-0.15, -0.1) is 0 Å². The maximum atomic E-state index is 13.4. The molecule has 0 bridgehead atoms. The SMILES string of the molecule is N#Cc1c(-c2ccccc2)cc(-c2ccc(Br)cc2)nc1S(=O)(=O)Cc1ccccc1. The standard InChI is InChI=1S/C25H17BrN2O2S/c26-21-13-11-20(12-14-21)24-15-22(19-9-5-2-6-10-19)23(16-27)25(28-24)31(29,30)17-18-7-3-1-4-8-18/h1-15H,17H2. The molecule has 0 saturated heterocycles. The minimum atomic E-state index is -3.87. The summed E-state index contributed by atoms with van der Waals surface area (Å²) in [5.41, 5.74) is 3.27. The molecule has 0 fully saturated rings. The largest absolute Gasteiger partial charge is 0.235 e. The van der Waals surface area contributed by atoms with E-state index in [-0.39, 0.29) is 16.3 Å². The third kappa shape index (κ3) is 4.58. The Morgan fingerprint density at radius 2 is 1.45 bits per heavy atom. The van der Waals surface area contributed by atoms with Crippen molar-refractivity contribution in [3.63, 3.8) is 0 Å². The summed E-state index contributed by atoms with van der Waals surface area (Å²) in [5.74, 6) is -0.229. The molecule has 0 unspecified atom stereocenters. The van der Waals surface area contributed by atoms with Crippen molar-refractivity contribution in [2.45, 2.75) is 10.8 Å². The molecule has 3 aromatic carbocycles. The lowest BCUT2D eigenvalue weighted by molar-refractivity contribution is 0.591. The molecule has 4 aromatic rings. The van der Waals surface area contributed by atoms with Crippen LogP contribution in [-0.2, 0) is 15.6 Å². The molecule has 4 nitrogen and oxygen atoms in total. The van der Waals surface area contributed by atoms with Gasteiger partial charge in [0.05, 0.1) is 17.0 Å². The Balaban J connectivity index is 1.96. The Morgan fingerprint density at radius 1 is 0.839 bits per heavy atom. The van der Waals surface area contributed by atoms with E-state index >= 15 is 0 Å². The summed E-state index contributed by atoms with van der Waals surface area (Å²) in [5, 5.41) is 9.73. The fourth-order valence-corrected chi connectivity index (χ4v) is 5.07. The van der Waals surface area contributed by atoms with Crippen molar-refractivity contribution in [2.24, 2.45) is 0 Å². The average Bonchev–Trinajstić information content (AvgIpc) is 2.79. The van der Waals surface area contributed by atoms with Crippen LogP contribution >= 0.6 is 15.9 Å². The first-order valence-corrected chi connectivity index (χ1v) is 12.0. The van der Waals surface area contributed by atoms with Gasteiger partial charge in [-0.1, -0.05) is 88.7 Å². The summed E-state index contributed by atoms with van der Waals surface area (Å²) in [7, 11) is -3.87. The van der Waals surface area contributed by atoms with Crippen molar-refractivity contribution in [1.29, 1.82) is 5.26 Å². The maximum Gasteiger partial charge on any atom is 0.201 e. The molecule has 0 saturated carbocycles. The zero-order valence-electron chi connectivity index (χ0n) is 16.4. The molecule has 0 atom stereocenters. The van der Waals surface area contributed by atoms with Crippen molar-refractivity contribution < 1.29 is 8.42 Å². The van der Waals surface area contributed by atoms with Crippen molar-refractivity contribution in [3.05, 3.63) is 107 Å². The van der Waals surface area contributed by atoms with E-state index in [9.17, 15) is 13.7 Å². The fraction of sp³-hybridized carbons (Fsp3) is 0.0400. The molecule has 31 heavy (non-hydrogen) atoms. The Labute approximate surface area is 189 Å². The number of hydrogen-bond acceptors (Lipinski definition) is 4. The maximum absolute atomic E-state index is 13.4. The van der Waals surface area contributed by atoms with Gasteiger partial charge >= 0.3 is 0 Å². The number of hydrogen-bond donors (Lipinski definition) is 0. The predicted molar refractivity (Wildman–Crippen MR) is 125 cm³/mol. The van der Waals surface area contributed by atoms with Gasteiger partial charge in [-0.3, -0.25) is 0 Å². The normalized spacial score (nSPS) is 11.1. The van der Waals surface area contributed by atoms with Crippen molar-refractivity contribution >= 4 is 25.8 Å². The first kappa shape index (κ1) is 21.0. The van der Waals surface area contributed by atoms with Gasteiger partial charge in [0.2, 0.25) is 9.84 Å². The molecule has 0 radical (unpaired) electrons. The van der Waals surface area contributed by atoms with Gasteiger partial charge in [0.1, 0.15) is 6.07 Å². The van der Waals surface area contributed by atoms with Crippen molar-refractivity contribution in [1.82, 2.24) is 4.98 Å². The van der Waals surface area contributed by atoms with E-state index in [1.165, 1.54) is 0 Å². The third-order valence-corrected chi connectivity index (χ3v) is 6.94. The molecular weight excluding hydrogens is 472 g/mol. The number of aromatic nitrogens is 1. The molecule has 0 aliphatic rings. The van der Waals surface area contributed by atoms with Crippen molar-refractivity contribution in [2.75, 3.05) is 0 Å². The Kier molecular flexibility index (Phi) is 5.99. The van der Waals surface area contributed by atoms with Crippen LogP contribution in [0.3, 0.4) is 0 Å². The summed E-state index contributed by atoms with van der Waals surface area (Å²) in [6, 6.07) is 29.5. The Bertz CT molecular complexity index is 1360. The minimum Gasteiger partial charge on any atom is -0.235 e. The van der Waals surface area contributed by atoms with Crippen LogP contribution in [0.15, 0.2) is 100 Å². The van der Waals surface area contributed by atoms with Gasteiger partial charge in [0.25, 0.3) is 0 Å². The van der Waals surface area contributed by atoms with Crippen molar-refractivity contribution in [3.8, 4) is 28.5 Å². The third-order valence-electron chi connectivity index (χ3n) is 4.82. The highest BCUT2D eigenvalue weighted by atomic mass is 79.9. The Hall–Kier alpha value is -3.27. The number of rotatable bonds is 5. The zero-order valence-corrected chi connectivity index (χ0v) is 18.8. The molecule has 1 heterocycles. The van der Waals surface area contributed by atoms with Gasteiger partial charge in [0, 0.05) is 15.6 Å². The molecule has 6 heteroatoms. The number of benzene rings is 3. The van der Waals surface area contributed by atoms with E-state index in [4.69, 9.17) is 0 Å². The molecular formula is C25H17BrN2O2S. The van der Waals surface area contributed by atoms with E-state index in [0.29, 0.717) is 16.8 Å². The van der Waals surface area contributed by atoms with Crippen LogP contribution in [-0.4, -0.2) is 13.4 Å². The molecule has 152 valence electrons. The van der Waals surface area contributed by atoms with Crippen LogP contribution in [0, 0.1) is 11.3 Å². The number of nitriles is 1. The predicted octanol–water partition coefficient (Wildman–Crippen LogP) is 6.02.